The van der Waals surface area contributed by atoms with Crippen molar-refractivity contribution in [3.05, 3.63) is 33.8 Å². The molecule has 0 amide bonds. The molecule has 1 aliphatic carbocycles. The summed E-state index contributed by atoms with van der Waals surface area (Å²) < 4.78 is 5.68. The third-order valence-electron chi connectivity index (χ3n) is 4.36. The summed E-state index contributed by atoms with van der Waals surface area (Å²) in [5.41, 5.74) is 1.75. The number of hydrogen-bond donors (Lipinski definition) is 1. The molecule has 0 spiro atoms. The van der Waals surface area contributed by atoms with E-state index >= 15 is 0 Å². The Balaban J connectivity index is 1.82. The average Bonchev–Trinajstić information content (AvgIpc) is 2.50. The van der Waals surface area contributed by atoms with E-state index in [1.165, 1.54) is 38.4 Å². The van der Waals surface area contributed by atoms with Crippen molar-refractivity contribution in [1.29, 1.82) is 0 Å². The van der Waals surface area contributed by atoms with E-state index in [0.717, 1.165) is 29.4 Å². The zero-order valence-corrected chi connectivity index (χ0v) is 14.4. The van der Waals surface area contributed by atoms with Crippen LogP contribution < -0.4 is 5.32 Å². The monoisotopic (exact) mass is 353 g/mol. The van der Waals surface area contributed by atoms with Crippen LogP contribution in [0.1, 0.15) is 48.5 Å². The summed E-state index contributed by atoms with van der Waals surface area (Å²) in [5.74, 6) is 1.42. The molecule has 3 nitrogen and oxygen atoms in total. The molecule has 1 aliphatic rings. The molecule has 1 aromatic carbocycles. The highest BCUT2D eigenvalue weighted by Gasteiger charge is 2.17. The smallest absolute Gasteiger partial charge is 0.337 e. The molecular formula is C17H24BrNO2. The lowest BCUT2D eigenvalue weighted by molar-refractivity contribution is 0.0600. The van der Waals surface area contributed by atoms with Crippen molar-refractivity contribution in [2.45, 2.75) is 39.2 Å². The zero-order valence-electron chi connectivity index (χ0n) is 12.8. The second-order valence-electron chi connectivity index (χ2n) is 6.05. The lowest BCUT2D eigenvalue weighted by Gasteiger charge is -2.26. The Bertz CT molecular complexity index is 482. The number of nitrogens with one attached hydrogen (secondary N) is 1. The van der Waals surface area contributed by atoms with Gasteiger partial charge in [0.15, 0.2) is 0 Å². The zero-order chi connectivity index (χ0) is 15.2. The maximum absolute atomic E-state index is 11.5. The van der Waals surface area contributed by atoms with Gasteiger partial charge in [-0.3, -0.25) is 0 Å². The van der Waals surface area contributed by atoms with Gasteiger partial charge in [0.2, 0.25) is 0 Å². The second kappa shape index (κ2) is 7.95. The highest BCUT2D eigenvalue weighted by molar-refractivity contribution is 9.10. The number of carbonyl (C=O) groups is 1. The summed E-state index contributed by atoms with van der Waals surface area (Å²) in [6.07, 6.45) is 5.42. The van der Waals surface area contributed by atoms with Crippen molar-refractivity contribution in [1.82, 2.24) is 5.32 Å². The molecule has 0 atom stereocenters. The molecule has 0 radical (unpaired) electrons. The molecule has 4 heteroatoms. The first-order valence-electron chi connectivity index (χ1n) is 7.67. The second-order valence-corrected chi connectivity index (χ2v) is 6.91. The van der Waals surface area contributed by atoms with Crippen molar-refractivity contribution in [2.24, 2.45) is 11.8 Å². The fourth-order valence-electron chi connectivity index (χ4n) is 2.88. The van der Waals surface area contributed by atoms with Gasteiger partial charge in [-0.05, 0) is 48.9 Å². The first kappa shape index (κ1) is 16.5. The third-order valence-corrected chi connectivity index (χ3v) is 5.10. The molecule has 116 valence electrons. The van der Waals surface area contributed by atoms with Crippen LogP contribution in [0, 0.1) is 11.8 Å². The third kappa shape index (κ3) is 4.82. The first-order valence-corrected chi connectivity index (χ1v) is 8.47. The number of benzene rings is 1. The van der Waals surface area contributed by atoms with Crippen LogP contribution in [0.25, 0.3) is 0 Å². The lowest BCUT2D eigenvalue weighted by Crippen LogP contribution is -2.25. The van der Waals surface area contributed by atoms with Crippen molar-refractivity contribution in [3.63, 3.8) is 0 Å². The molecule has 1 aromatic rings. The van der Waals surface area contributed by atoms with E-state index in [1.807, 2.05) is 18.2 Å². The number of hydrogen-bond acceptors (Lipinski definition) is 3. The normalized spacial score (nSPS) is 22.0. The molecule has 21 heavy (non-hydrogen) atoms. The molecule has 1 saturated carbocycles. The van der Waals surface area contributed by atoms with E-state index in [-0.39, 0.29) is 5.97 Å². The van der Waals surface area contributed by atoms with Gasteiger partial charge >= 0.3 is 5.97 Å². The van der Waals surface area contributed by atoms with Gasteiger partial charge in [-0.25, -0.2) is 4.79 Å². The van der Waals surface area contributed by atoms with Gasteiger partial charge in [0.05, 0.1) is 12.7 Å². The van der Waals surface area contributed by atoms with Crippen LogP contribution in [0.4, 0.5) is 0 Å². The maximum atomic E-state index is 11.5. The minimum absolute atomic E-state index is 0.300. The minimum Gasteiger partial charge on any atom is -0.465 e. The number of ether oxygens (including phenoxy) is 1. The van der Waals surface area contributed by atoms with Crippen LogP contribution >= 0.6 is 15.9 Å². The highest BCUT2D eigenvalue weighted by atomic mass is 79.9. The van der Waals surface area contributed by atoms with E-state index in [4.69, 9.17) is 4.74 Å². The fraction of sp³-hybridized carbons (Fsp3) is 0.588. The van der Waals surface area contributed by atoms with Gasteiger partial charge in [0.1, 0.15) is 0 Å². The van der Waals surface area contributed by atoms with E-state index in [9.17, 15) is 4.79 Å². The summed E-state index contributed by atoms with van der Waals surface area (Å²) in [5, 5.41) is 3.54. The first-order chi connectivity index (χ1) is 10.1. The van der Waals surface area contributed by atoms with E-state index in [0.29, 0.717) is 5.56 Å². The van der Waals surface area contributed by atoms with Gasteiger partial charge in [-0.2, -0.15) is 0 Å². The maximum Gasteiger partial charge on any atom is 0.337 e. The Morgan fingerprint density at radius 2 is 2.05 bits per heavy atom. The topological polar surface area (TPSA) is 38.3 Å². The predicted molar refractivity (Wildman–Crippen MR) is 88.3 cm³/mol. The highest BCUT2D eigenvalue weighted by Crippen LogP contribution is 2.27. The Morgan fingerprint density at radius 1 is 1.33 bits per heavy atom. The van der Waals surface area contributed by atoms with E-state index < -0.39 is 0 Å². The number of halogens is 1. The molecule has 0 saturated heterocycles. The average molecular weight is 354 g/mol. The Labute approximate surface area is 135 Å². The van der Waals surface area contributed by atoms with Crippen LogP contribution in [-0.4, -0.2) is 19.6 Å². The number of esters is 1. The summed E-state index contributed by atoms with van der Waals surface area (Å²) in [4.78, 5) is 11.5. The number of carbonyl (C=O) groups excluding carboxylic acids is 1. The fourth-order valence-corrected chi connectivity index (χ4v) is 3.40. The van der Waals surface area contributed by atoms with E-state index in [2.05, 4.69) is 28.2 Å². The van der Waals surface area contributed by atoms with Gasteiger partial charge in [0, 0.05) is 11.0 Å². The van der Waals surface area contributed by atoms with Gasteiger partial charge < -0.3 is 10.1 Å². The molecule has 0 bridgehead atoms. The predicted octanol–water partition coefficient (Wildman–Crippen LogP) is 4.15. The van der Waals surface area contributed by atoms with Crippen molar-refractivity contribution >= 4 is 21.9 Å². The SMILES string of the molecule is COC(=O)c1ccc(CNCC2CCC(C)CC2)c(Br)c1. The molecule has 0 aliphatic heterocycles. The molecule has 1 N–H and O–H groups in total. The summed E-state index contributed by atoms with van der Waals surface area (Å²) in [6, 6.07) is 5.62. The largest absolute Gasteiger partial charge is 0.465 e. The number of methoxy groups -OCH3 is 1. The van der Waals surface area contributed by atoms with Crippen LogP contribution in [0.5, 0.6) is 0 Å². The molecule has 0 aromatic heterocycles. The Kier molecular flexibility index (Phi) is 6.24. The summed E-state index contributed by atoms with van der Waals surface area (Å²) >= 11 is 3.53. The van der Waals surface area contributed by atoms with Crippen molar-refractivity contribution in [2.75, 3.05) is 13.7 Å². The van der Waals surface area contributed by atoms with Gasteiger partial charge in [-0.1, -0.05) is 41.8 Å². The molecular weight excluding hydrogens is 330 g/mol. The number of rotatable bonds is 5. The minimum atomic E-state index is -0.300. The quantitative estimate of drug-likeness (QED) is 0.808. The molecule has 2 rings (SSSR count). The molecule has 0 heterocycles. The van der Waals surface area contributed by atoms with Crippen molar-refractivity contribution in [3.8, 4) is 0 Å². The molecule has 1 fully saturated rings. The lowest BCUT2D eigenvalue weighted by atomic mass is 9.83. The van der Waals surface area contributed by atoms with Gasteiger partial charge in [0.25, 0.3) is 0 Å². The van der Waals surface area contributed by atoms with E-state index in [1.54, 1.807) is 0 Å². The van der Waals surface area contributed by atoms with Crippen LogP contribution in [-0.2, 0) is 11.3 Å². The standard InChI is InChI=1S/C17H24BrNO2/c1-12-3-5-13(6-4-12)10-19-11-15-8-7-14(9-16(15)18)17(20)21-2/h7-9,12-13,19H,3-6,10-11H2,1-2H3. The van der Waals surface area contributed by atoms with Crippen molar-refractivity contribution < 1.29 is 9.53 Å². The van der Waals surface area contributed by atoms with Crippen LogP contribution in [0.3, 0.4) is 0 Å². The molecule has 0 unspecified atom stereocenters. The summed E-state index contributed by atoms with van der Waals surface area (Å²) in [6.45, 7) is 4.26. The Hall–Kier alpha value is -0.870. The van der Waals surface area contributed by atoms with Gasteiger partial charge in [-0.15, -0.1) is 0 Å². The summed E-state index contributed by atoms with van der Waals surface area (Å²) in [7, 11) is 1.40. The van der Waals surface area contributed by atoms with Crippen LogP contribution in [0.15, 0.2) is 22.7 Å². The Morgan fingerprint density at radius 3 is 2.67 bits per heavy atom. The van der Waals surface area contributed by atoms with Crippen LogP contribution in [0.2, 0.25) is 0 Å².